The van der Waals surface area contributed by atoms with Gasteiger partial charge in [-0.1, -0.05) is 12.1 Å². The van der Waals surface area contributed by atoms with Gasteiger partial charge in [0.2, 0.25) is 0 Å². The number of aromatic hydroxyl groups is 1. The molecule has 1 aromatic rings. The number of phenols is 1. The van der Waals surface area contributed by atoms with E-state index in [9.17, 15) is 5.11 Å². The SMILES string of the molecule is COc1cccc(CN2C[C@H]3CNC[C@H]3C2)c1O. The maximum absolute atomic E-state index is 10.1. The molecule has 0 aliphatic carbocycles. The third kappa shape index (κ3) is 2.06. The van der Waals surface area contributed by atoms with E-state index in [-0.39, 0.29) is 5.75 Å². The van der Waals surface area contributed by atoms with Crippen LogP contribution in [0, 0.1) is 11.8 Å². The average molecular weight is 248 g/mol. The molecule has 18 heavy (non-hydrogen) atoms. The molecule has 0 spiro atoms. The highest BCUT2D eigenvalue weighted by molar-refractivity contribution is 5.45. The molecule has 0 amide bonds. The summed E-state index contributed by atoms with van der Waals surface area (Å²) in [5, 5.41) is 13.5. The van der Waals surface area contributed by atoms with Gasteiger partial charge in [-0.15, -0.1) is 0 Å². The van der Waals surface area contributed by atoms with Crippen molar-refractivity contribution in [3.05, 3.63) is 23.8 Å². The minimum absolute atomic E-state index is 0.287. The third-order valence-corrected chi connectivity index (χ3v) is 4.16. The van der Waals surface area contributed by atoms with E-state index in [0.29, 0.717) is 5.75 Å². The number of nitrogens with one attached hydrogen (secondary N) is 1. The highest BCUT2D eigenvalue weighted by atomic mass is 16.5. The summed E-state index contributed by atoms with van der Waals surface area (Å²) in [4.78, 5) is 2.44. The molecule has 98 valence electrons. The number of rotatable bonds is 3. The Morgan fingerprint density at radius 2 is 2.06 bits per heavy atom. The minimum atomic E-state index is 0.287. The monoisotopic (exact) mass is 248 g/mol. The van der Waals surface area contributed by atoms with Crippen LogP contribution in [0.15, 0.2) is 18.2 Å². The van der Waals surface area contributed by atoms with Gasteiger partial charge in [-0.25, -0.2) is 0 Å². The zero-order valence-corrected chi connectivity index (χ0v) is 10.7. The Hall–Kier alpha value is -1.26. The zero-order valence-electron chi connectivity index (χ0n) is 10.7. The van der Waals surface area contributed by atoms with E-state index in [0.717, 1.165) is 50.1 Å². The maximum atomic E-state index is 10.1. The molecule has 0 bridgehead atoms. The number of likely N-dealkylation sites (tertiary alicyclic amines) is 1. The largest absolute Gasteiger partial charge is 0.504 e. The lowest BCUT2D eigenvalue weighted by molar-refractivity contribution is 0.296. The van der Waals surface area contributed by atoms with E-state index in [1.165, 1.54) is 0 Å². The Labute approximate surface area is 108 Å². The number of fused-ring (bicyclic) bond motifs is 1. The van der Waals surface area contributed by atoms with Crippen LogP contribution in [0.4, 0.5) is 0 Å². The second kappa shape index (κ2) is 4.78. The van der Waals surface area contributed by atoms with Gasteiger partial charge >= 0.3 is 0 Å². The lowest BCUT2D eigenvalue weighted by Gasteiger charge is -2.18. The third-order valence-electron chi connectivity index (χ3n) is 4.16. The molecule has 1 aromatic carbocycles. The zero-order chi connectivity index (χ0) is 12.5. The first-order valence-electron chi connectivity index (χ1n) is 6.56. The minimum Gasteiger partial charge on any atom is -0.504 e. The molecule has 2 aliphatic heterocycles. The van der Waals surface area contributed by atoms with Gasteiger partial charge in [0.05, 0.1) is 7.11 Å². The fourth-order valence-corrected chi connectivity index (χ4v) is 3.18. The van der Waals surface area contributed by atoms with Crippen LogP contribution in [0.5, 0.6) is 11.5 Å². The van der Waals surface area contributed by atoms with Crippen molar-refractivity contribution in [3.63, 3.8) is 0 Å². The first-order chi connectivity index (χ1) is 8.78. The summed E-state index contributed by atoms with van der Waals surface area (Å²) in [7, 11) is 1.59. The molecule has 2 aliphatic rings. The molecule has 0 saturated carbocycles. The van der Waals surface area contributed by atoms with Gasteiger partial charge in [-0.3, -0.25) is 4.90 Å². The Bertz CT molecular complexity index is 424. The molecule has 0 aromatic heterocycles. The van der Waals surface area contributed by atoms with Crippen molar-refractivity contribution in [2.24, 2.45) is 11.8 Å². The maximum Gasteiger partial charge on any atom is 0.162 e. The number of nitrogens with zero attached hydrogens (tertiary/aromatic N) is 1. The number of hydrogen-bond acceptors (Lipinski definition) is 4. The van der Waals surface area contributed by atoms with Crippen molar-refractivity contribution >= 4 is 0 Å². The summed E-state index contributed by atoms with van der Waals surface area (Å²) in [6.45, 7) is 5.37. The van der Waals surface area contributed by atoms with E-state index >= 15 is 0 Å². The normalized spacial score (nSPS) is 27.4. The molecule has 2 heterocycles. The van der Waals surface area contributed by atoms with Crippen LogP contribution in [0.25, 0.3) is 0 Å². The molecule has 4 nitrogen and oxygen atoms in total. The van der Waals surface area contributed by atoms with Crippen molar-refractivity contribution in [1.82, 2.24) is 10.2 Å². The highest BCUT2D eigenvalue weighted by Crippen LogP contribution is 2.33. The molecule has 2 saturated heterocycles. The predicted molar refractivity (Wildman–Crippen MR) is 69.8 cm³/mol. The summed E-state index contributed by atoms with van der Waals surface area (Å²) < 4.78 is 5.15. The number of para-hydroxylation sites is 1. The first kappa shape index (κ1) is 11.8. The van der Waals surface area contributed by atoms with E-state index in [1.54, 1.807) is 13.2 Å². The highest BCUT2D eigenvalue weighted by Gasteiger charge is 2.36. The van der Waals surface area contributed by atoms with Crippen LogP contribution in [0.1, 0.15) is 5.56 Å². The molecule has 2 fully saturated rings. The van der Waals surface area contributed by atoms with Crippen LogP contribution in [0.3, 0.4) is 0 Å². The first-order valence-corrected chi connectivity index (χ1v) is 6.56. The van der Waals surface area contributed by atoms with E-state index < -0.39 is 0 Å². The lowest BCUT2D eigenvalue weighted by Crippen LogP contribution is -2.25. The van der Waals surface area contributed by atoms with Crippen LogP contribution in [-0.4, -0.2) is 43.3 Å². The van der Waals surface area contributed by atoms with E-state index in [1.807, 2.05) is 12.1 Å². The van der Waals surface area contributed by atoms with Gasteiger partial charge in [-0.05, 0) is 31.0 Å². The number of ether oxygens (including phenoxy) is 1. The summed E-state index contributed by atoms with van der Waals surface area (Å²) in [6, 6.07) is 5.71. The molecule has 0 radical (unpaired) electrons. The van der Waals surface area contributed by atoms with Gasteiger partial charge in [0.1, 0.15) is 0 Å². The van der Waals surface area contributed by atoms with Gasteiger partial charge in [0.25, 0.3) is 0 Å². The Morgan fingerprint density at radius 3 is 2.72 bits per heavy atom. The second-order valence-corrected chi connectivity index (χ2v) is 5.34. The van der Waals surface area contributed by atoms with Gasteiger partial charge in [-0.2, -0.15) is 0 Å². The fraction of sp³-hybridized carbons (Fsp3) is 0.571. The Balaban J connectivity index is 1.70. The van der Waals surface area contributed by atoms with Crippen molar-refractivity contribution in [2.45, 2.75) is 6.54 Å². The van der Waals surface area contributed by atoms with Crippen molar-refractivity contribution in [1.29, 1.82) is 0 Å². The molecule has 3 rings (SSSR count). The molecular weight excluding hydrogens is 228 g/mol. The molecular formula is C14H20N2O2. The quantitative estimate of drug-likeness (QED) is 0.839. The summed E-state index contributed by atoms with van der Waals surface area (Å²) >= 11 is 0. The smallest absolute Gasteiger partial charge is 0.162 e. The summed E-state index contributed by atoms with van der Waals surface area (Å²) in [5.74, 6) is 2.43. The number of benzene rings is 1. The number of methoxy groups -OCH3 is 1. The van der Waals surface area contributed by atoms with Gasteiger partial charge in [0, 0.05) is 25.2 Å². The van der Waals surface area contributed by atoms with E-state index in [2.05, 4.69) is 10.2 Å². The van der Waals surface area contributed by atoms with Crippen molar-refractivity contribution in [3.8, 4) is 11.5 Å². The fourth-order valence-electron chi connectivity index (χ4n) is 3.18. The van der Waals surface area contributed by atoms with Gasteiger partial charge < -0.3 is 15.2 Å². The molecule has 2 N–H and O–H groups in total. The van der Waals surface area contributed by atoms with Crippen LogP contribution >= 0.6 is 0 Å². The lowest BCUT2D eigenvalue weighted by atomic mass is 10.0. The van der Waals surface area contributed by atoms with E-state index in [4.69, 9.17) is 4.74 Å². The number of phenolic OH excluding ortho intramolecular Hbond substituents is 1. The topological polar surface area (TPSA) is 44.7 Å². The average Bonchev–Trinajstić information content (AvgIpc) is 2.92. The molecule has 0 unspecified atom stereocenters. The standard InChI is InChI=1S/C14H20N2O2/c1-18-13-4-2-3-10(14(13)17)7-16-8-11-5-15-6-12(11)9-16/h2-4,11-12,15,17H,5-9H2,1H3/t11-,12+. The van der Waals surface area contributed by atoms with Crippen molar-refractivity contribution < 1.29 is 9.84 Å². The Kier molecular flexibility index (Phi) is 3.14. The summed E-state index contributed by atoms with van der Waals surface area (Å²) in [5.41, 5.74) is 0.960. The molecule has 2 atom stereocenters. The summed E-state index contributed by atoms with van der Waals surface area (Å²) in [6.07, 6.45) is 0. The predicted octanol–water partition coefficient (Wildman–Crippen LogP) is 1.05. The molecule has 4 heteroatoms. The number of hydrogen-bond donors (Lipinski definition) is 2. The van der Waals surface area contributed by atoms with Crippen LogP contribution < -0.4 is 10.1 Å². The van der Waals surface area contributed by atoms with Crippen molar-refractivity contribution in [2.75, 3.05) is 33.3 Å². The van der Waals surface area contributed by atoms with Gasteiger partial charge in [0.15, 0.2) is 11.5 Å². The Morgan fingerprint density at radius 1 is 1.33 bits per heavy atom. The van der Waals surface area contributed by atoms with Crippen LogP contribution in [-0.2, 0) is 6.54 Å². The van der Waals surface area contributed by atoms with Crippen LogP contribution in [0.2, 0.25) is 0 Å². The second-order valence-electron chi connectivity index (χ2n) is 5.34.